The third kappa shape index (κ3) is 4.23. The molecule has 10 heteroatoms. The molecule has 0 saturated heterocycles. The molecule has 0 fully saturated rings. The molecule has 3 heterocycles. The number of nitrogens with zero attached hydrogens (tertiary/aromatic N) is 4. The summed E-state index contributed by atoms with van der Waals surface area (Å²) in [5, 5.41) is 8.11. The van der Waals surface area contributed by atoms with Crippen molar-refractivity contribution >= 4 is 56.4 Å². The number of hydrogen-bond donors (Lipinski definition) is 1. The van der Waals surface area contributed by atoms with Crippen LogP contribution in [0.3, 0.4) is 0 Å². The molecule has 8 nitrogen and oxygen atoms in total. The number of carbonyl (C=O) groups is 1. The van der Waals surface area contributed by atoms with Crippen LogP contribution in [0, 0.1) is 6.92 Å². The highest BCUT2D eigenvalue weighted by Gasteiger charge is 2.15. The summed E-state index contributed by atoms with van der Waals surface area (Å²) in [5.41, 5.74) is 1.80. The van der Waals surface area contributed by atoms with Crippen molar-refractivity contribution in [3.8, 4) is 5.75 Å². The lowest BCUT2D eigenvalue weighted by Gasteiger charge is -2.05. The van der Waals surface area contributed by atoms with Crippen molar-refractivity contribution < 1.29 is 14.3 Å². The fourth-order valence-electron chi connectivity index (χ4n) is 2.37. The lowest BCUT2D eigenvalue weighted by molar-refractivity contribution is -0.139. The minimum Gasteiger partial charge on any atom is -0.492 e. The molecule has 1 N–H and O–H groups in total. The summed E-state index contributed by atoms with van der Waals surface area (Å²) in [6, 6.07) is 0. The molecule has 138 valence electrons. The Morgan fingerprint density at radius 1 is 1.42 bits per heavy atom. The maximum absolute atomic E-state index is 11.4. The molecular weight excluding hydrogens is 469 g/mol. The Hall–Kier alpha value is -1.95. The predicted molar refractivity (Wildman–Crippen MR) is 108 cm³/mol. The number of aromatic nitrogens is 4. The van der Waals surface area contributed by atoms with Crippen molar-refractivity contribution in [2.24, 2.45) is 0 Å². The minimum atomic E-state index is -0.291. The van der Waals surface area contributed by atoms with E-state index >= 15 is 0 Å². The normalized spacial score (nSPS) is 10.9. The Labute approximate surface area is 168 Å². The summed E-state index contributed by atoms with van der Waals surface area (Å²) in [6.07, 6.45) is 6.19. The SMILES string of the molecule is COC(=O)Cc1cnc(Nc2ncnn3cc(OCCCI)c(C)c23)s1. The Balaban J connectivity index is 1.82. The smallest absolute Gasteiger partial charge is 0.310 e. The zero-order chi connectivity index (χ0) is 18.5. The highest BCUT2D eigenvalue weighted by molar-refractivity contribution is 14.1. The monoisotopic (exact) mass is 487 g/mol. The quantitative estimate of drug-likeness (QED) is 0.226. The third-order valence-electron chi connectivity index (χ3n) is 3.64. The van der Waals surface area contributed by atoms with Crippen LogP contribution in [0.1, 0.15) is 16.9 Å². The van der Waals surface area contributed by atoms with E-state index in [9.17, 15) is 4.79 Å². The molecule has 0 aliphatic carbocycles. The van der Waals surface area contributed by atoms with Crippen molar-refractivity contribution in [3.63, 3.8) is 0 Å². The van der Waals surface area contributed by atoms with E-state index in [1.807, 2.05) is 13.1 Å². The number of carbonyl (C=O) groups excluding carboxylic acids is 1. The van der Waals surface area contributed by atoms with E-state index in [1.54, 1.807) is 10.7 Å². The van der Waals surface area contributed by atoms with Gasteiger partial charge in [0.25, 0.3) is 0 Å². The zero-order valence-corrected chi connectivity index (χ0v) is 17.3. The molecule has 3 rings (SSSR count). The number of rotatable bonds is 8. The summed E-state index contributed by atoms with van der Waals surface area (Å²) >= 11 is 3.71. The van der Waals surface area contributed by atoms with E-state index < -0.39 is 0 Å². The fraction of sp³-hybridized carbons (Fsp3) is 0.375. The third-order valence-corrected chi connectivity index (χ3v) is 5.32. The molecule has 0 aliphatic rings. The Bertz CT molecular complexity index is 911. The lowest BCUT2D eigenvalue weighted by atomic mass is 10.3. The van der Waals surface area contributed by atoms with E-state index in [0.717, 1.165) is 32.6 Å². The van der Waals surface area contributed by atoms with Gasteiger partial charge in [0.15, 0.2) is 10.9 Å². The van der Waals surface area contributed by atoms with Crippen LogP contribution in [0.5, 0.6) is 5.75 Å². The number of anilines is 2. The Kier molecular flexibility index (Phi) is 6.25. The molecule has 0 aliphatic heterocycles. The van der Waals surface area contributed by atoms with Crippen LogP contribution in [0.15, 0.2) is 18.7 Å². The summed E-state index contributed by atoms with van der Waals surface area (Å²) in [7, 11) is 1.37. The number of esters is 1. The number of alkyl halides is 1. The van der Waals surface area contributed by atoms with Crippen LogP contribution >= 0.6 is 33.9 Å². The van der Waals surface area contributed by atoms with Gasteiger partial charge in [-0.1, -0.05) is 22.6 Å². The van der Waals surface area contributed by atoms with Gasteiger partial charge in [-0.15, -0.1) is 11.3 Å². The highest BCUT2D eigenvalue weighted by Crippen LogP contribution is 2.31. The van der Waals surface area contributed by atoms with Gasteiger partial charge in [0.1, 0.15) is 17.6 Å². The van der Waals surface area contributed by atoms with Crippen LogP contribution in [0.4, 0.5) is 10.9 Å². The number of methoxy groups -OCH3 is 1. The van der Waals surface area contributed by atoms with Crippen LogP contribution in [0.2, 0.25) is 0 Å². The largest absolute Gasteiger partial charge is 0.492 e. The summed E-state index contributed by atoms with van der Waals surface area (Å²) in [5.74, 6) is 1.14. The van der Waals surface area contributed by atoms with Gasteiger partial charge in [0.05, 0.1) is 26.3 Å². The van der Waals surface area contributed by atoms with Crippen molar-refractivity contribution in [2.45, 2.75) is 19.8 Å². The summed E-state index contributed by atoms with van der Waals surface area (Å²) in [6.45, 7) is 2.65. The van der Waals surface area contributed by atoms with Crippen molar-refractivity contribution in [2.75, 3.05) is 23.5 Å². The average molecular weight is 487 g/mol. The van der Waals surface area contributed by atoms with Gasteiger partial charge in [-0.3, -0.25) is 4.79 Å². The van der Waals surface area contributed by atoms with Crippen LogP contribution in [-0.2, 0) is 16.0 Å². The standard InChI is InChI=1S/C16H18IN5O3S/c1-10-12(25-5-3-4-17)8-22-14(10)15(19-9-20-22)21-16-18-7-11(26-16)6-13(23)24-2/h7-9H,3-6H2,1-2H3,(H,18,19,20,21). The van der Waals surface area contributed by atoms with Gasteiger partial charge in [-0.25, -0.2) is 14.5 Å². The van der Waals surface area contributed by atoms with Gasteiger partial charge < -0.3 is 14.8 Å². The van der Waals surface area contributed by atoms with Crippen LogP contribution < -0.4 is 10.1 Å². The molecule has 0 unspecified atom stereocenters. The van der Waals surface area contributed by atoms with Crippen molar-refractivity contribution in [1.82, 2.24) is 19.6 Å². The molecule has 0 radical (unpaired) electrons. The van der Waals surface area contributed by atoms with Crippen LogP contribution in [-0.4, -0.2) is 43.7 Å². The summed E-state index contributed by atoms with van der Waals surface area (Å²) < 4.78 is 13.3. The van der Waals surface area contributed by atoms with Gasteiger partial charge in [0, 0.05) is 21.1 Å². The number of ether oxygens (including phenoxy) is 2. The first kappa shape index (κ1) is 18.8. The van der Waals surface area contributed by atoms with Gasteiger partial charge >= 0.3 is 5.97 Å². The second-order valence-corrected chi connectivity index (χ2v) is 7.61. The van der Waals surface area contributed by atoms with Crippen molar-refractivity contribution in [3.05, 3.63) is 29.2 Å². The summed E-state index contributed by atoms with van der Waals surface area (Å²) in [4.78, 5) is 20.8. The minimum absolute atomic E-state index is 0.202. The van der Waals surface area contributed by atoms with Gasteiger partial charge in [0.2, 0.25) is 0 Å². The molecule has 0 saturated carbocycles. The second-order valence-electron chi connectivity index (χ2n) is 5.42. The number of nitrogens with one attached hydrogen (secondary N) is 1. The molecule has 0 bridgehead atoms. The molecular formula is C16H18IN5O3S. The first-order valence-corrected chi connectivity index (χ1v) is 10.3. The molecule has 0 amide bonds. The second kappa shape index (κ2) is 8.62. The fourth-order valence-corrected chi connectivity index (χ4v) is 3.48. The first-order chi connectivity index (χ1) is 12.6. The molecule has 0 aromatic carbocycles. The number of aryl methyl sites for hydroxylation is 1. The molecule has 26 heavy (non-hydrogen) atoms. The van der Waals surface area contributed by atoms with Crippen LogP contribution in [0.25, 0.3) is 5.52 Å². The highest BCUT2D eigenvalue weighted by atomic mass is 127. The Morgan fingerprint density at radius 2 is 2.27 bits per heavy atom. The maximum atomic E-state index is 11.4. The van der Waals surface area contributed by atoms with E-state index in [-0.39, 0.29) is 12.4 Å². The van der Waals surface area contributed by atoms with E-state index in [1.165, 1.54) is 24.8 Å². The van der Waals surface area contributed by atoms with Crippen molar-refractivity contribution in [1.29, 1.82) is 0 Å². The molecule has 3 aromatic rings. The Morgan fingerprint density at radius 3 is 3.04 bits per heavy atom. The lowest BCUT2D eigenvalue weighted by Crippen LogP contribution is -2.02. The average Bonchev–Trinajstić information content (AvgIpc) is 3.20. The van der Waals surface area contributed by atoms with Gasteiger partial charge in [-0.2, -0.15) is 5.10 Å². The number of thiazole rings is 1. The number of halogens is 1. The van der Waals surface area contributed by atoms with E-state index in [0.29, 0.717) is 17.6 Å². The molecule has 0 spiro atoms. The first-order valence-electron chi connectivity index (χ1n) is 7.92. The number of fused-ring (bicyclic) bond motifs is 1. The number of hydrogen-bond acceptors (Lipinski definition) is 8. The predicted octanol–water partition coefficient (Wildman–Crippen LogP) is 3.16. The molecule has 3 aromatic heterocycles. The van der Waals surface area contributed by atoms with Gasteiger partial charge in [-0.05, 0) is 13.3 Å². The van der Waals surface area contributed by atoms with E-state index in [2.05, 4.69) is 47.7 Å². The maximum Gasteiger partial charge on any atom is 0.310 e. The topological polar surface area (TPSA) is 90.6 Å². The molecule has 0 atom stereocenters. The zero-order valence-electron chi connectivity index (χ0n) is 14.4. The van der Waals surface area contributed by atoms with E-state index in [4.69, 9.17) is 4.74 Å².